The lowest BCUT2D eigenvalue weighted by molar-refractivity contribution is 0.221. The average molecular weight is 309 g/mol. The summed E-state index contributed by atoms with van der Waals surface area (Å²) in [6.45, 7) is 8.41. The van der Waals surface area contributed by atoms with E-state index in [1.165, 1.54) is 54.6 Å². The SMILES string of the molecule is Cc1cccc(C)c1OCc1ccc(CN2CCCCC2)cc1. The quantitative estimate of drug-likeness (QED) is 0.781. The van der Waals surface area contributed by atoms with Crippen LogP contribution in [0.25, 0.3) is 0 Å². The molecule has 0 aliphatic carbocycles. The van der Waals surface area contributed by atoms with Crippen molar-refractivity contribution in [3.05, 3.63) is 64.7 Å². The molecule has 1 heterocycles. The number of likely N-dealkylation sites (tertiary alicyclic amines) is 1. The molecule has 1 aliphatic rings. The summed E-state index contributed by atoms with van der Waals surface area (Å²) < 4.78 is 6.03. The summed E-state index contributed by atoms with van der Waals surface area (Å²) >= 11 is 0. The normalized spacial score (nSPS) is 15.6. The largest absolute Gasteiger partial charge is 0.488 e. The molecule has 0 unspecified atom stereocenters. The molecule has 1 aliphatic heterocycles. The van der Waals surface area contributed by atoms with Gasteiger partial charge in [0, 0.05) is 6.54 Å². The maximum atomic E-state index is 6.03. The van der Waals surface area contributed by atoms with Gasteiger partial charge in [0.2, 0.25) is 0 Å². The number of nitrogens with zero attached hydrogens (tertiary/aromatic N) is 1. The predicted molar refractivity (Wildman–Crippen MR) is 95.8 cm³/mol. The van der Waals surface area contributed by atoms with Crippen LogP contribution >= 0.6 is 0 Å². The Kier molecular flexibility index (Phi) is 5.35. The zero-order valence-corrected chi connectivity index (χ0v) is 14.3. The van der Waals surface area contributed by atoms with Crippen molar-refractivity contribution in [3.63, 3.8) is 0 Å². The standard InChI is InChI=1S/C21H27NO/c1-17-7-6-8-18(2)21(17)23-16-20-11-9-19(10-12-20)15-22-13-4-3-5-14-22/h6-12H,3-5,13-16H2,1-2H3. The molecular weight excluding hydrogens is 282 g/mol. The second-order valence-electron chi connectivity index (χ2n) is 6.66. The number of para-hydroxylation sites is 1. The zero-order valence-electron chi connectivity index (χ0n) is 14.3. The van der Waals surface area contributed by atoms with Gasteiger partial charge in [-0.15, -0.1) is 0 Å². The van der Waals surface area contributed by atoms with Crippen LogP contribution in [-0.4, -0.2) is 18.0 Å². The van der Waals surface area contributed by atoms with Crippen LogP contribution in [0.3, 0.4) is 0 Å². The van der Waals surface area contributed by atoms with Gasteiger partial charge in [0.15, 0.2) is 0 Å². The first-order chi connectivity index (χ1) is 11.2. The minimum absolute atomic E-state index is 0.635. The van der Waals surface area contributed by atoms with Gasteiger partial charge in [-0.25, -0.2) is 0 Å². The molecule has 2 aromatic carbocycles. The molecule has 2 nitrogen and oxygen atoms in total. The highest BCUT2D eigenvalue weighted by molar-refractivity contribution is 5.39. The summed E-state index contributed by atoms with van der Waals surface area (Å²) in [4.78, 5) is 2.56. The van der Waals surface area contributed by atoms with E-state index in [0.29, 0.717) is 6.61 Å². The van der Waals surface area contributed by atoms with Crippen LogP contribution in [0.1, 0.15) is 41.5 Å². The van der Waals surface area contributed by atoms with E-state index in [9.17, 15) is 0 Å². The van der Waals surface area contributed by atoms with Gasteiger partial charge in [0.1, 0.15) is 12.4 Å². The van der Waals surface area contributed by atoms with E-state index in [1.54, 1.807) is 0 Å². The van der Waals surface area contributed by atoms with E-state index in [-0.39, 0.29) is 0 Å². The van der Waals surface area contributed by atoms with E-state index < -0.39 is 0 Å². The number of rotatable bonds is 5. The Morgan fingerprint density at radius 2 is 1.43 bits per heavy atom. The van der Waals surface area contributed by atoms with Crippen molar-refractivity contribution < 1.29 is 4.74 Å². The highest BCUT2D eigenvalue weighted by Gasteiger charge is 2.10. The first-order valence-corrected chi connectivity index (χ1v) is 8.71. The molecule has 23 heavy (non-hydrogen) atoms. The Morgan fingerprint density at radius 3 is 2.09 bits per heavy atom. The van der Waals surface area contributed by atoms with Crippen molar-refractivity contribution in [3.8, 4) is 5.75 Å². The van der Waals surface area contributed by atoms with E-state index in [2.05, 4.69) is 61.2 Å². The van der Waals surface area contributed by atoms with Crippen molar-refractivity contribution in [2.24, 2.45) is 0 Å². The van der Waals surface area contributed by atoms with Crippen molar-refractivity contribution in [1.29, 1.82) is 0 Å². The van der Waals surface area contributed by atoms with Gasteiger partial charge in [-0.2, -0.15) is 0 Å². The van der Waals surface area contributed by atoms with Crippen LogP contribution in [0, 0.1) is 13.8 Å². The number of aryl methyl sites for hydroxylation is 2. The second kappa shape index (κ2) is 7.65. The summed E-state index contributed by atoms with van der Waals surface area (Å²) in [6.07, 6.45) is 4.09. The summed E-state index contributed by atoms with van der Waals surface area (Å²) in [7, 11) is 0. The Labute approximate surface area is 140 Å². The predicted octanol–water partition coefficient (Wildman–Crippen LogP) is 4.87. The zero-order chi connectivity index (χ0) is 16.1. The summed E-state index contributed by atoms with van der Waals surface area (Å²) in [5.74, 6) is 1.02. The molecule has 0 radical (unpaired) electrons. The van der Waals surface area contributed by atoms with Gasteiger partial charge in [-0.05, 0) is 62.0 Å². The van der Waals surface area contributed by atoms with Gasteiger partial charge in [-0.1, -0.05) is 48.9 Å². The van der Waals surface area contributed by atoms with Crippen molar-refractivity contribution >= 4 is 0 Å². The highest BCUT2D eigenvalue weighted by Crippen LogP contribution is 2.23. The van der Waals surface area contributed by atoms with Crippen LogP contribution in [-0.2, 0) is 13.2 Å². The lowest BCUT2D eigenvalue weighted by atomic mass is 10.1. The van der Waals surface area contributed by atoms with E-state index >= 15 is 0 Å². The minimum Gasteiger partial charge on any atom is -0.488 e. The van der Waals surface area contributed by atoms with Crippen molar-refractivity contribution in [2.45, 2.75) is 46.3 Å². The number of benzene rings is 2. The lowest BCUT2D eigenvalue weighted by Crippen LogP contribution is -2.29. The first kappa shape index (κ1) is 16.1. The number of hydrogen-bond donors (Lipinski definition) is 0. The van der Waals surface area contributed by atoms with Crippen molar-refractivity contribution in [1.82, 2.24) is 4.90 Å². The molecule has 3 rings (SSSR count). The lowest BCUT2D eigenvalue weighted by Gasteiger charge is -2.26. The maximum Gasteiger partial charge on any atom is 0.125 e. The Bertz CT molecular complexity index is 607. The topological polar surface area (TPSA) is 12.5 Å². The first-order valence-electron chi connectivity index (χ1n) is 8.71. The van der Waals surface area contributed by atoms with Crippen LogP contribution in [0.4, 0.5) is 0 Å². The van der Waals surface area contributed by atoms with E-state index in [0.717, 1.165) is 12.3 Å². The molecule has 2 aromatic rings. The number of hydrogen-bond acceptors (Lipinski definition) is 2. The monoisotopic (exact) mass is 309 g/mol. The second-order valence-corrected chi connectivity index (χ2v) is 6.66. The fourth-order valence-electron chi connectivity index (χ4n) is 3.30. The molecule has 0 bridgehead atoms. The Hall–Kier alpha value is -1.80. The molecule has 2 heteroatoms. The number of ether oxygens (including phenoxy) is 1. The Morgan fingerprint density at radius 1 is 0.826 bits per heavy atom. The smallest absolute Gasteiger partial charge is 0.125 e. The molecule has 122 valence electrons. The van der Waals surface area contributed by atoms with Crippen LogP contribution in [0.15, 0.2) is 42.5 Å². The molecule has 1 saturated heterocycles. The van der Waals surface area contributed by atoms with E-state index in [1.807, 2.05) is 0 Å². The number of piperidine rings is 1. The third-order valence-corrected chi connectivity index (χ3v) is 4.67. The molecule has 0 N–H and O–H groups in total. The van der Waals surface area contributed by atoms with Crippen molar-refractivity contribution in [2.75, 3.05) is 13.1 Å². The molecule has 0 atom stereocenters. The fourth-order valence-corrected chi connectivity index (χ4v) is 3.30. The van der Waals surface area contributed by atoms with E-state index in [4.69, 9.17) is 4.74 Å². The Balaban J connectivity index is 1.57. The van der Waals surface area contributed by atoms with Crippen LogP contribution in [0.5, 0.6) is 5.75 Å². The van der Waals surface area contributed by atoms with Gasteiger partial charge < -0.3 is 4.74 Å². The van der Waals surface area contributed by atoms with Gasteiger partial charge in [0.05, 0.1) is 0 Å². The third kappa shape index (κ3) is 4.35. The minimum atomic E-state index is 0.635. The molecule has 0 amide bonds. The van der Waals surface area contributed by atoms with Gasteiger partial charge in [-0.3, -0.25) is 4.90 Å². The maximum absolute atomic E-state index is 6.03. The summed E-state index contributed by atoms with van der Waals surface area (Å²) in [5.41, 5.74) is 5.04. The summed E-state index contributed by atoms with van der Waals surface area (Å²) in [5, 5.41) is 0. The van der Waals surface area contributed by atoms with Gasteiger partial charge in [0.25, 0.3) is 0 Å². The van der Waals surface area contributed by atoms with Gasteiger partial charge >= 0.3 is 0 Å². The third-order valence-electron chi connectivity index (χ3n) is 4.67. The highest BCUT2D eigenvalue weighted by atomic mass is 16.5. The summed E-state index contributed by atoms with van der Waals surface area (Å²) in [6, 6.07) is 15.2. The fraction of sp³-hybridized carbons (Fsp3) is 0.429. The molecular formula is C21H27NO. The average Bonchev–Trinajstić information content (AvgIpc) is 2.57. The molecule has 0 saturated carbocycles. The molecule has 0 aromatic heterocycles. The molecule has 0 spiro atoms. The van der Waals surface area contributed by atoms with Crippen LogP contribution < -0.4 is 4.74 Å². The van der Waals surface area contributed by atoms with Crippen LogP contribution in [0.2, 0.25) is 0 Å². The molecule has 1 fully saturated rings.